The number of rotatable bonds is 7. The van der Waals surface area contributed by atoms with E-state index in [2.05, 4.69) is 5.32 Å². The van der Waals surface area contributed by atoms with Gasteiger partial charge >= 0.3 is 0 Å². The van der Waals surface area contributed by atoms with Gasteiger partial charge in [0.1, 0.15) is 5.69 Å². The molecule has 2 heterocycles. The van der Waals surface area contributed by atoms with Gasteiger partial charge in [0.25, 0.3) is 5.17 Å². The third kappa shape index (κ3) is 6.65. The first-order valence-electron chi connectivity index (χ1n) is 10.9. The molecule has 1 amide bonds. The Morgan fingerprint density at radius 3 is 2.50 bits per heavy atom. The molecule has 0 aromatic heterocycles. The molecule has 2 aliphatic heterocycles. The van der Waals surface area contributed by atoms with Crippen LogP contribution in [0.4, 0.5) is 20.2 Å². The second kappa shape index (κ2) is 11.6. The Morgan fingerprint density at radius 1 is 1.29 bits per heavy atom. The summed E-state index contributed by atoms with van der Waals surface area (Å²) in [4.78, 5) is 17.7. The summed E-state index contributed by atoms with van der Waals surface area (Å²) in [5, 5.41) is 13.5. The van der Waals surface area contributed by atoms with Crippen molar-refractivity contribution in [3.8, 4) is 0 Å². The number of amides is 1. The van der Waals surface area contributed by atoms with E-state index in [1.54, 1.807) is 9.80 Å². The monoisotopic (exact) mass is 499 g/mol. The maximum absolute atomic E-state index is 14.9. The summed E-state index contributed by atoms with van der Waals surface area (Å²) in [7, 11) is 1.41. The van der Waals surface area contributed by atoms with Gasteiger partial charge in [0, 0.05) is 63.3 Å². The number of nitrogens with one attached hydrogen (secondary N) is 1. The molecule has 1 atom stereocenters. The maximum Gasteiger partial charge on any atom is 0.256 e. The van der Waals surface area contributed by atoms with Gasteiger partial charge in [0.05, 0.1) is 32.0 Å². The van der Waals surface area contributed by atoms with Crippen molar-refractivity contribution in [1.82, 2.24) is 15.1 Å². The van der Waals surface area contributed by atoms with E-state index in [1.807, 2.05) is 4.90 Å². The van der Waals surface area contributed by atoms with E-state index in [9.17, 15) is 18.7 Å². The van der Waals surface area contributed by atoms with Crippen molar-refractivity contribution in [2.45, 2.75) is 12.5 Å². The molecule has 10 nitrogen and oxygen atoms in total. The quantitative estimate of drug-likeness (QED) is 0.226. The number of nitrogens with zero attached hydrogens (tertiary/aromatic N) is 4. The fraction of sp³-hybridized carbons (Fsp3) is 0.524. The third-order valence-electron chi connectivity index (χ3n) is 5.78. The van der Waals surface area contributed by atoms with Crippen molar-refractivity contribution < 1.29 is 23.4 Å². The number of benzene rings is 1. The summed E-state index contributed by atoms with van der Waals surface area (Å²) in [6, 6.07) is 2.26. The van der Waals surface area contributed by atoms with Gasteiger partial charge in [-0.15, -0.1) is 0 Å². The number of hydrazine groups is 1. The average Bonchev–Trinajstić information content (AvgIpc) is 3.21. The molecule has 0 radical (unpaired) electrons. The van der Waals surface area contributed by atoms with Crippen molar-refractivity contribution >= 4 is 34.7 Å². The van der Waals surface area contributed by atoms with E-state index >= 15 is 0 Å². The molecular formula is C21H31F2N7O3S. The zero-order chi connectivity index (χ0) is 24.8. The molecule has 188 valence electrons. The number of piperazine rings is 1. The Morgan fingerprint density at radius 2 is 1.94 bits per heavy atom. The SMILES string of the molecule is COC(=S)NC/C(N)=C/N(N)c1cc(F)c(N2CCN(C(=O)CN3CCC(O)C3)CC2)c(F)c1. The van der Waals surface area contributed by atoms with Crippen LogP contribution in [0.15, 0.2) is 24.0 Å². The van der Waals surface area contributed by atoms with Crippen LogP contribution >= 0.6 is 12.2 Å². The Labute approximate surface area is 202 Å². The van der Waals surface area contributed by atoms with Gasteiger partial charge < -0.3 is 30.7 Å². The summed E-state index contributed by atoms with van der Waals surface area (Å²) < 4.78 is 34.6. The van der Waals surface area contributed by atoms with Crippen molar-refractivity contribution in [1.29, 1.82) is 0 Å². The number of β-amino-alcohol motifs (C(OH)–C–C–N with tert-alkyl or cyclic N) is 1. The number of ether oxygens (including phenoxy) is 1. The minimum absolute atomic E-state index is 0.0473. The molecule has 1 aromatic rings. The molecule has 3 rings (SSSR count). The molecule has 2 saturated heterocycles. The van der Waals surface area contributed by atoms with Gasteiger partial charge in [-0.05, 0) is 18.6 Å². The molecule has 34 heavy (non-hydrogen) atoms. The molecule has 2 aliphatic rings. The van der Waals surface area contributed by atoms with Crippen LogP contribution in [0.3, 0.4) is 0 Å². The molecule has 0 aliphatic carbocycles. The first kappa shape index (κ1) is 25.9. The molecule has 1 aromatic carbocycles. The third-order valence-corrected chi connectivity index (χ3v) is 6.09. The maximum atomic E-state index is 14.9. The highest BCUT2D eigenvalue weighted by Gasteiger charge is 2.28. The van der Waals surface area contributed by atoms with Crippen molar-refractivity contribution in [3.05, 3.63) is 35.7 Å². The predicted molar refractivity (Wildman–Crippen MR) is 129 cm³/mol. The Bertz CT molecular complexity index is 905. The lowest BCUT2D eigenvalue weighted by Gasteiger charge is -2.37. The molecule has 13 heteroatoms. The number of thiocarbonyl (C=S) groups is 1. The van der Waals surface area contributed by atoms with Crippen molar-refractivity contribution in [2.75, 3.05) is 69.4 Å². The van der Waals surface area contributed by atoms with E-state index in [0.29, 0.717) is 45.7 Å². The normalized spacial score (nSPS) is 19.3. The van der Waals surface area contributed by atoms with Crippen LogP contribution in [-0.4, -0.2) is 91.6 Å². The molecule has 1 unspecified atom stereocenters. The number of halogens is 2. The van der Waals surface area contributed by atoms with Crippen LogP contribution in [0.2, 0.25) is 0 Å². The minimum atomic E-state index is -0.762. The second-order valence-electron chi connectivity index (χ2n) is 8.26. The van der Waals surface area contributed by atoms with Gasteiger partial charge in [-0.25, -0.2) is 14.6 Å². The van der Waals surface area contributed by atoms with Gasteiger partial charge in [-0.1, -0.05) is 0 Å². The lowest BCUT2D eigenvalue weighted by Crippen LogP contribution is -2.51. The number of aliphatic hydroxyl groups is 1. The fourth-order valence-electron chi connectivity index (χ4n) is 3.98. The Hall–Kier alpha value is -2.74. The molecule has 2 fully saturated rings. The molecule has 6 N–H and O–H groups in total. The van der Waals surface area contributed by atoms with E-state index in [-0.39, 0.29) is 47.3 Å². The van der Waals surface area contributed by atoms with E-state index in [0.717, 1.165) is 17.1 Å². The molecule has 0 bridgehead atoms. The summed E-state index contributed by atoms with van der Waals surface area (Å²) in [6.45, 7) is 2.87. The van der Waals surface area contributed by atoms with E-state index in [4.69, 9.17) is 28.5 Å². The number of likely N-dealkylation sites (tertiary alicyclic amines) is 1. The van der Waals surface area contributed by atoms with Crippen LogP contribution in [-0.2, 0) is 9.53 Å². The standard InChI is InChI=1S/C21H31F2N7O3S/c1-33-21(34)26-10-14(24)11-30(25)15-8-17(22)20(18(23)9-15)29-6-4-28(5-7-29)19(32)13-27-3-2-16(31)12-27/h8-9,11,16,31H,2-7,10,12-13,24-25H2,1H3,(H,26,34)/b14-11-. The number of hydrogen-bond donors (Lipinski definition) is 4. The summed E-state index contributed by atoms with van der Waals surface area (Å²) in [5.41, 5.74) is 6.05. The number of carbonyl (C=O) groups is 1. The smallest absolute Gasteiger partial charge is 0.256 e. The van der Waals surface area contributed by atoms with Gasteiger partial charge in [0.2, 0.25) is 5.91 Å². The second-order valence-corrected chi connectivity index (χ2v) is 8.63. The zero-order valence-corrected chi connectivity index (χ0v) is 19.9. The first-order chi connectivity index (χ1) is 16.2. The van der Waals surface area contributed by atoms with Crippen LogP contribution in [0, 0.1) is 11.6 Å². The van der Waals surface area contributed by atoms with E-state index in [1.165, 1.54) is 13.3 Å². The van der Waals surface area contributed by atoms with Crippen molar-refractivity contribution in [3.63, 3.8) is 0 Å². The first-order valence-corrected chi connectivity index (χ1v) is 11.3. The zero-order valence-electron chi connectivity index (χ0n) is 19.0. The lowest BCUT2D eigenvalue weighted by molar-refractivity contribution is -0.132. The highest BCUT2D eigenvalue weighted by atomic mass is 32.1. The lowest BCUT2D eigenvalue weighted by atomic mass is 10.2. The number of nitrogens with two attached hydrogens (primary N) is 2. The number of anilines is 2. The largest absolute Gasteiger partial charge is 0.474 e. The number of methoxy groups -OCH3 is 1. The van der Waals surface area contributed by atoms with Gasteiger partial charge in [-0.2, -0.15) is 0 Å². The topological polar surface area (TPSA) is 124 Å². The highest BCUT2D eigenvalue weighted by molar-refractivity contribution is 7.80. The molecule has 0 saturated carbocycles. The average molecular weight is 500 g/mol. The number of hydrogen-bond acceptors (Lipinski definition) is 9. The van der Waals surface area contributed by atoms with Gasteiger partial charge in [-0.3, -0.25) is 14.7 Å². The van der Waals surface area contributed by atoms with Crippen molar-refractivity contribution in [2.24, 2.45) is 11.6 Å². The molecule has 0 spiro atoms. The number of carbonyl (C=O) groups excluding carboxylic acids is 1. The van der Waals surface area contributed by atoms with E-state index < -0.39 is 11.6 Å². The Balaban J connectivity index is 1.58. The van der Waals surface area contributed by atoms with Crippen LogP contribution in [0.25, 0.3) is 0 Å². The minimum Gasteiger partial charge on any atom is -0.474 e. The molecular weight excluding hydrogens is 468 g/mol. The van der Waals surface area contributed by atoms with Crippen LogP contribution in [0.1, 0.15) is 6.42 Å². The number of aliphatic hydroxyl groups excluding tert-OH is 1. The van der Waals surface area contributed by atoms with Crippen LogP contribution < -0.4 is 26.8 Å². The van der Waals surface area contributed by atoms with Gasteiger partial charge in [0.15, 0.2) is 11.6 Å². The highest BCUT2D eigenvalue weighted by Crippen LogP contribution is 2.29. The van der Waals surface area contributed by atoms with Crippen LogP contribution in [0.5, 0.6) is 0 Å². The predicted octanol–water partition coefficient (Wildman–Crippen LogP) is -0.319. The Kier molecular flexibility index (Phi) is 8.83. The summed E-state index contributed by atoms with van der Waals surface area (Å²) in [5.74, 6) is 4.33. The summed E-state index contributed by atoms with van der Waals surface area (Å²) in [6.07, 6.45) is 1.60. The summed E-state index contributed by atoms with van der Waals surface area (Å²) >= 11 is 4.85. The fourth-order valence-corrected chi connectivity index (χ4v) is 4.05.